The van der Waals surface area contributed by atoms with Crippen LogP contribution in [0.15, 0.2) is 29.2 Å². The monoisotopic (exact) mass is 316 g/mol. The van der Waals surface area contributed by atoms with Crippen molar-refractivity contribution in [2.24, 2.45) is 0 Å². The largest absolute Gasteiger partial charge is 0.467 e. The Kier molecular flexibility index (Phi) is 4.62. The quantitative estimate of drug-likeness (QED) is 0.603. The Balaban J connectivity index is 1.92. The topological polar surface area (TPSA) is 99.1 Å². The van der Waals surface area contributed by atoms with Gasteiger partial charge in [-0.3, -0.25) is 4.18 Å². The molecule has 7 nitrogen and oxygen atoms in total. The molecule has 1 aliphatic heterocycles. The number of rotatable bonds is 5. The van der Waals surface area contributed by atoms with Crippen LogP contribution in [0.25, 0.3) is 0 Å². The number of hydrogen-bond donors (Lipinski definition) is 1. The third kappa shape index (κ3) is 3.41. The fourth-order valence-corrected chi connectivity index (χ4v) is 2.75. The minimum Gasteiger partial charge on any atom is -0.467 e. The van der Waals surface area contributed by atoms with E-state index < -0.39 is 34.4 Å². The lowest BCUT2D eigenvalue weighted by molar-refractivity contribution is -0.237. The first-order valence-corrected chi connectivity index (χ1v) is 7.63. The summed E-state index contributed by atoms with van der Waals surface area (Å²) in [5.41, 5.74) is 0.924. The lowest BCUT2D eigenvalue weighted by Gasteiger charge is -2.38. The highest BCUT2D eigenvalue weighted by atomic mass is 32.2. The summed E-state index contributed by atoms with van der Waals surface area (Å²) >= 11 is 0. The van der Waals surface area contributed by atoms with E-state index in [2.05, 4.69) is 4.74 Å². The molecule has 1 aromatic carbocycles. The van der Waals surface area contributed by atoms with Crippen molar-refractivity contribution < 1.29 is 32.0 Å². The standard InChI is InChI=1S/C13H16O7S/c1-8-3-5-9(6-4-8)21(16,17)19-7-10-11(14)12(20-10)13(15)18-2/h3-6,10-12,14H,7H2,1-2H3/t10-,11+,12+/m1/s1. The van der Waals surface area contributed by atoms with E-state index >= 15 is 0 Å². The van der Waals surface area contributed by atoms with Crippen molar-refractivity contribution in [2.45, 2.75) is 30.1 Å². The fraction of sp³-hybridized carbons (Fsp3) is 0.462. The van der Waals surface area contributed by atoms with Gasteiger partial charge in [0.1, 0.15) is 12.2 Å². The van der Waals surface area contributed by atoms with Gasteiger partial charge < -0.3 is 14.6 Å². The minimum absolute atomic E-state index is 0.0198. The molecule has 1 fully saturated rings. The molecule has 2 rings (SSSR count). The molecule has 0 radical (unpaired) electrons. The van der Waals surface area contributed by atoms with Crippen LogP contribution in [0, 0.1) is 6.92 Å². The molecule has 0 aliphatic carbocycles. The lowest BCUT2D eigenvalue weighted by atomic mass is 10.0. The molecule has 1 aliphatic rings. The van der Waals surface area contributed by atoms with Gasteiger partial charge in [0.05, 0.1) is 18.6 Å². The number of hydrogen-bond acceptors (Lipinski definition) is 7. The Labute approximate surface area is 122 Å². The number of benzene rings is 1. The van der Waals surface area contributed by atoms with Crippen LogP contribution in [0.1, 0.15) is 5.56 Å². The summed E-state index contributed by atoms with van der Waals surface area (Å²) in [6.45, 7) is 1.47. The van der Waals surface area contributed by atoms with Crippen LogP contribution in [-0.2, 0) is 28.6 Å². The van der Waals surface area contributed by atoms with Gasteiger partial charge in [0, 0.05) is 0 Å². The Morgan fingerprint density at radius 3 is 2.48 bits per heavy atom. The second-order valence-electron chi connectivity index (χ2n) is 4.66. The van der Waals surface area contributed by atoms with Gasteiger partial charge in [-0.25, -0.2) is 4.79 Å². The number of aliphatic hydroxyl groups excluding tert-OH is 1. The zero-order valence-electron chi connectivity index (χ0n) is 11.6. The SMILES string of the molecule is COC(=O)[C@H]1O[C@H](COS(=O)(=O)c2ccc(C)cc2)[C@@H]1O. The molecule has 116 valence electrons. The number of esters is 1. The molecule has 1 aromatic rings. The lowest BCUT2D eigenvalue weighted by Crippen LogP contribution is -2.59. The maximum Gasteiger partial charge on any atom is 0.337 e. The molecule has 3 atom stereocenters. The summed E-state index contributed by atoms with van der Waals surface area (Å²) in [7, 11) is -2.75. The molecule has 1 saturated heterocycles. The zero-order valence-corrected chi connectivity index (χ0v) is 12.4. The van der Waals surface area contributed by atoms with E-state index in [-0.39, 0.29) is 11.5 Å². The van der Waals surface area contributed by atoms with E-state index in [1.807, 2.05) is 6.92 Å². The summed E-state index contributed by atoms with van der Waals surface area (Å²) < 4.78 is 38.1. The van der Waals surface area contributed by atoms with Crippen molar-refractivity contribution in [3.8, 4) is 0 Å². The molecule has 0 saturated carbocycles. The Bertz CT molecular complexity index is 608. The first-order chi connectivity index (χ1) is 9.85. The van der Waals surface area contributed by atoms with Gasteiger partial charge in [-0.1, -0.05) is 17.7 Å². The Hall–Kier alpha value is -1.48. The summed E-state index contributed by atoms with van der Waals surface area (Å²) in [5.74, 6) is -0.708. The van der Waals surface area contributed by atoms with Crippen molar-refractivity contribution >= 4 is 16.1 Å². The number of carbonyl (C=O) groups excluding carboxylic acids is 1. The molecule has 1 N–H and O–H groups in total. The molecule has 21 heavy (non-hydrogen) atoms. The van der Waals surface area contributed by atoms with Crippen LogP contribution in [-0.4, -0.2) is 51.5 Å². The van der Waals surface area contributed by atoms with E-state index in [1.54, 1.807) is 12.1 Å². The van der Waals surface area contributed by atoms with Crippen LogP contribution in [0.3, 0.4) is 0 Å². The van der Waals surface area contributed by atoms with Crippen LogP contribution >= 0.6 is 0 Å². The summed E-state index contributed by atoms with van der Waals surface area (Å²) in [4.78, 5) is 11.2. The van der Waals surface area contributed by atoms with Gasteiger partial charge in [0.2, 0.25) is 0 Å². The van der Waals surface area contributed by atoms with Gasteiger partial charge in [0.25, 0.3) is 10.1 Å². The summed E-state index contributed by atoms with van der Waals surface area (Å²) in [6.07, 6.45) is -3.12. The number of ether oxygens (including phenoxy) is 2. The van der Waals surface area contributed by atoms with Gasteiger partial charge in [0.15, 0.2) is 6.10 Å². The van der Waals surface area contributed by atoms with Gasteiger partial charge >= 0.3 is 5.97 Å². The maximum atomic E-state index is 11.9. The van der Waals surface area contributed by atoms with E-state index in [4.69, 9.17) is 8.92 Å². The summed E-state index contributed by atoms with van der Waals surface area (Å²) in [6, 6.07) is 6.16. The van der Waals surface area contributed by atoms with E-state index in [0.29, 0.717) is 0 Å². The third-order valence-electron chi connectivity index (χ3n) is 3.14. The van der Waals surface area contributed by atoms with Crippen LogP contribution in [0.5, 0.6) is 0 Å². The van der Waals surface area contributed by atoms with Gasteiger partial charge in [-0.05, 0) is 19.1 Å². The molecule has 8 heteroatoms. The zero-order chi connectivity index (χ0) is 15.6. The highest BCUT2D eigenvalue weighted by molar-refractivity contribution is 7.86. The number of methoxy groups -OCH3 is 1. The summed E-state index contributed by atoms with van der Waals surface area (Å²) in [5, 5.41) is 9.67. The molecule has 0 spiro atoms. The van der Waals surface area contributed by atoms with Crippen molar-refractivity contribution in [3.05, 3.63) is 29.8 Å². The predicted molar refractivity (Wildman–Crippen MR) is 71.0 cm³/mol. The highest BCUT2D eigenvalue weighted by Gasteiger charge is 2.47. The van der Waals surface area contributed by atoms with Crippen LogP contribution < -0.4 is 0 Å². The first kappa shape index (κ1) is 15.9. The molecule has 0 amide bonds. The predicted octanol–water partition coefficient (Wildman–Crippen LogP) is 0.00162. The molecule has 0 aromatic heterocycles. The van der Waals surface area contributed by atoms with E-state index in [9.17, 15) is 18.3 Å². The second kappa shape index (κ2) is 6.10. The maximum absolute atomic E-state index is 11.9. The van der Waals surface area contributed by atoms with Crippen LogP contribution in [0.2, 0.25) is 0 Å². The third-order valence-corrected chi connectivity index (χ3v) is 4.44. The van der Waals surface area contributed by atoms with Crippen molar-refractivity contribution in [1.82, 2.24) is 0 Å². The van der Waals surface area contributed by atoms with Gasteiger partial charge in [-0.2, -0.15) is 8.42 Å². The first-order valence-electron chi connectivity index (χ1n) is 6.22. The average molecular weight is 316 g/mol. The van der Waals surface area contributed by atoms with Crippen molar-refractivity contribution in [1.29, 1.82) is 0 Å². The van der Waals surface area contributed by atoms with Crippen LogP contribution in [0.4, 0.5) is 0 Å². The van der Waals surface area contributed by atoms with E-state index in [0.717, 1.165) is 5.56 Å². The van der Waals surface area contributed by atoms with Gasteiger partial charge in [-0.15, -0.1) is 0 Å². The smallest absolute Gasteiger partial charge is 0.337 e. The fourth-order valence-electron chi connectivity index (χ4n) is 1.83. The highest BCUT2D eigenvalue weighted by Crippen LogP contribution is 2.24. The molecule has 0 unspecified atom stereocenters. The molecule has 1 heterocycles. The number of aliphatic hydroxyl groups is 1. The molecular weight excluding hydrogens is 300 g/mol. The molecular formula is C13H16O7S. The van der Waals surface area contributed by atoms with Crippen molar-refractivity contribution in [3.63, 3.8) is 0 Å². The Morgan fingerprint density at radius 1 is 1.33 bits per heavy atom. The number of aryl methyl sites for hydroxylation is 1. The van der Waals surface area contributed by atoms with E-state index in [1.165, 1.54) is 19.2 Å². The Morgan fingerprint density at radius 2 is 1.95 bits per heavy atom. The van der Waals surface area contributed by atoms with Crippen molar-refractivity contribution in [2.75, 3.05) is 13.7 Å². The number of carbonyl (C=O) groups is 1. The normalized spacial score (nSPS) is 25.2. The molecule has 0 bridgehead atoms. The minimum atomic E-state index is -3.92. The second-order valence-corrected chi connectivity index (χ2v) is 6.28. The average Bonchev–Trinajstić information content (AvgIpc) is 2.45.